The number of hydrogen-bond acceptors (Lipinski definition) is 3. The second-order valence-corrected chi connectivity index (χ2v) is 7.02. The van der Waals surface area contributed by atoms with Crippen molar-refractivity contribution in [3.05, 3.63) is 35.4 Å². The third kappa shape index (κ3) is 4.59. The molecule has 0 radical (unpaired) electrons. The number of carbonyl (C=O) groups is 3. The molecule has 6 nitrogen and oxygen atoms in total. The van der Waals surface area contributed by atoms with Crippen molar-refractivity contribution < 1.29 is 19.5 Å². The van der Waals surface area contributed by atoms with Crippen LogP contribution in [0.5, 0.6) is 0 Å². The lowest BCUT2D eigenvalue weighted by atomic mass is 10.1. The summed E-state index contributed by atoms with van der Waals surface area (Å²) in [6.45, 7) is 0.442. The van der Waals surface area contributed by atoms with Gasteiger partial charge in [-0.3, -0.25) is 9.59 Å². The lowest BCUT2D eigenvalue weighted by molar-refractivity contribution is -0.139. The van der Waals surface area contributed by atoms with Crippen LogP contribution in [-0.2, 0) is 16.1 Å². The van der Waals surface area contributed by atoms with E-state index in [4.69, 9.17) is 0 Å². The molecule has 2 aliphatic carbocycles. The topological polar surface area (TPSA) is 95.5 Å². The molecule has 2 aliphatic rings. The number of benzene rings is 1. The van der Waals surface area contributed by atoms with Gasteiger partial charge in [0.15, 0.2) is 0 Å². The van der Waals surface area contributed by atoms with Crippen LogP contribution in [0.25, 0.3) is 0 Å². The summed E-state index contributed by atoms with van der Waals surface area (Å²) < 4.78 is 0. The fourth-order valence-corrected chi connectivity index (χ4v) is 3.33. The van der Waals surface area contributed by atoms with E-state index in [1.54, 1.807) is 24.3 Å². The van der Waals surface area contributed by atoms with E-state index in [1.165, 1.54) is 0 Å². The number of amides is 2. The van der Waals surface area contributed by atoms with Crippen LogP contribution in [0.3, 0.4) is 0 Å². The van der Waals surface area contributed by atoms with Crippen molar-refractivity contribution in [3.8, 4) is 0 Å². The minimum absolute atomic E-state index is 0.0477. The average molecular weight is 344 g/mol. The number of rotatable bonds is 7. The Hall–Kier alpha value is -2.37. The molecular formula is C19H24N2O4. The smallest absolute Gasteiger partial charge is 0.326 e. The van der Waals surface area contributed by atoms with Crippen molar-refractivity contribution in [2.75, 3.05) is 0 Å². The molecule has 6 heteroatoms. The van der Waals surface area contributed by atoms with E-state index in [-0.39, 0.29) is 23.7 Å². The molecule has 3 rings (SSSR count). The van der Waals surface area contributed by atoms with Gasteiger partial charge in [-0.05, 0) is 49.3 Å². The van der Waals surface area contributed by atoms with Crippen molar-refractivity contribution in [2.24, 2.45) is 11.8 Å². The van der Waals surface area contributed by atoms with Crippen LogP contribution < -0.4 is 10.6 Å². The minimum atomic E-state index is -0.984. The first kappa shape index (κ1) is 17.5. The third-order valence-electron chi connectivity index (χ3n) is 5.05. The highest BCUT2D eigenvalue weighted by Crippen LogP contribution is 2.32. The molecule has 25 heavy (non-hydrogen) atoms. The Balaban J connectivity index is 1.51. The highest BCUT2D eigenvalue weighted by atomic mass is 16.4. The van der Waals surface area contributed by atoms with Crippen molar-refractivity contribution in [3.63, 3.8) is 0 Å². The summed E-state index contributed by atoms with van der Waals surface area (Å²) in [5.74, 6) is -1.07. The second-order valence-electron chi connectivity index (χ2n) is 7.02. The summed E-state index contributed by atoms with van der Waals surface area (Å²) in [7, 11) is 0. The molecule has 0 aliphatic heterocycles. The quantitative estimate of drug-likeness (QED) is 0.706. The number of aliphatic carboxylic acids is 1. The molecule has 0 bridgehead atoms. The fraction of sp³-hybridized carbons (Fsp3) is 0.526. The maximum atomic E-state index is 12.2. The summed E-state index contributed by atoms with van der Waals surface area (Å²) in [5, 5.41) is 14.7. The number of carbonyl (C=O) groups excluding carboxylic acids is 2. The fourth-order valence-electron chi connectivity index (χ4n) is 3.33. The predicted molar refractivity (Wildman–Crippen MR) is 91.9 cm³/mol. The minimum Gasteiger partial charge on any atom is -0.480 e. The predicted octanol–water partition coefficient (Wildman–Crippen LogP) is 2.09. The molecule has 0 aromatic heterocycles. The number of hydrogen-bond donors (Lipinski definition) is 3. The van der Waals surface area contributed by atoms with Gasteiger partial charge < -0.3 is 15.7 Å². The standard InChI is InChI=1S/C19H24N2O4/c22-17(14-3-1-2-4-14)20-11-12-5-7-15(8-6-12)18(23)21-16(19(24)25)13-9-10-13/h5-8,13-14,16H,1-4,9-11H2,(H,20,22)(H,21,23)(H,24,25). The van der Waals surface area contributed by atoms with Gasteiger partial charge in [0.1, 0.15) is 6.04 Å². The van der Waals surface area contributed by atoms with Crippen LogP contribution in [0, 0.1) is 11.8 Å². The number of carboxylic acids is 1. The van der Waals surface area contributed by atoms with E-state index in [0.717, 1.165) is 44.1 Å². The van der Waals surface area contributed by atoms with E-state index in [9.17, 15) is 19.5 Å². The van der Waals surface area contributed by atoms with Gasteiger partial charge in [0.05, 0.1) is 0 Å². The number of nitrogens with one attached hydrogen (secondary N) is 2. The number of carboxylic acid groups (broad SMARTS) is 1. The Bertz CT molecular complexity index is 646. The van der Waals surface area contributed by atoms with Crippen molar-refractivity contribution in [2.45, 2.75) is 51.1 Å². The van der Waals surface area contributed by atoms with Crippen molar-refractivity contribution in [1.82, 2.24) is 10.6 Å². The summed E-state index contributed by atoms with van der Waals surface area (Å²) in [5.41, 5.74) is 1.35. The first-order valence-electron chi connectivity index (χ1n) is 8.95. The van der Waals surface area contributed by atoms with Crippen LogP contribution in [0.4, 0.5) is 0 Å². The molecule has 3 N–H and O–H groups in total. The van der Waals surface area contributed by atoms with E-state index in [1.807, 2.05) is 0 Å². The maximum absolute atomic E-state index is 12.2. The van der Waals surface area contributed by atoms with Gasteiger partial charge in [-0.1, -0.05) is 25.0 Å². The largest absolute Gasteiger partial charge is 0.480 e. The van der Waals surface area contributed by atoms with E-state index in [0.29, 0.717) is 12.1 Å². The molecule has 1 aromatic rings. The van der Waals surface area contributed by atoms with Gasteiger partial charge >= 0.3 is 5.97 Å². The summed E-state index contributed by atoms with van der Waals surface area (Å²) >= 11 is 0. The molecule has 1 unspecified atom stereocenters. The van der Waals surface area contributed by atoms with E-state index >= 15 is 0 Å². The summed E-state index contributed by atoms with van der Waals surface area (Å²) in [4.78, 5) is 35.4. The Kier molecular flexibility index (Phi) is 5.36. The lowest BCUT2D eigenvalue weighted by Gasteiger charge is -2.14. The lowest BCUT2D eigenvalue weighted by Crippen LogP contribution is -2.42. The molecule has 0 saturated heterocycles. The first-order chi connectivity index (χ1) is 12.0. The highest BCUT2D eigenvalue weighted by Gasteiger charge is 2.37. The van der Waals surface area contributed by atoms with Crippen LogP contribution in [-0.4, -0.2) is 28.9 Å². The Morgan fingerprint density at radius 3 is 2.24 bits per heavy atom. The zero-order chi connectivity index (χ0) is 17.8. The summed E-state index contributed by atoms with van der Waals surface area (Å²) in [6, 6.07) is 6.10. The molecule has 2 saturated carbocycles. The van der Waals surface area contributed by atoms with E-state index < -0.39 is 12.0 Å². The average Bonchev–Trinajstić information content (AvgIpc) is 3.29. The second kappa shape index (κ2) is 7.68. The monoisotopic (exact) mass is 344 g/mol. The Morgan fingerprint density at radius 1 is 1.04 bits per heavy atom. The first-order valence-corrected chi connectivity index (χ1v) is 8.95. The molecule has 2 amide bonds. The van der Waals surface area contributed by atoms with Gasteiger partial charge in [0, 0.05) is 18.0 Å². The molecule has 0 spiro atoms. The molecule has 0 heterocycles. The van der Waals surface area contributed by atoms with Gasteiger partial charge in [-0.15, -0.1) is 0 Å². The highest BCUT2D eigenvalue weighted by molar-refractivity contribution is 5.96. The third-order valence-corrected chi connectivity index (χ3v) is 5.05. The van der Waals surface area contributed by atoms with Crippen LogP contribution >= 0.6 is 0 Å². The normalized spacial score (nSPS) is 18.6. The summed E-state index contributed by atoms with van der Waals surface area (Å²) in [6.07, 6.45) is 5.88. The molecule has 134 valence electrons. The Labute approximate surface area is 147 Å². The maximum Gasteiger partial charge on any atom is 0.326 e. The zero-order valence-corrected chi connectivity index (χ0v) is 14.2. The molecule has 2 fully saturated rings. The molecular weight excluding hydrogens is 320 g/mol. The van der Waals surface area contributed by atoms with Crippen LogP contribution in [0.2, 0.25) is 0 Å². The van der Waals surface area contributed by atoms with Gasteiger partial charge in [0.2, 0.25) is 5.91 Å². The van der Waals surface area contributed by atoms with E-state index in [2.05, 4.69) is 10.6 Å². The van der Waals surface area contributed by atoms with Crippen LogP contribution in [0.1, 0.15) is 54.4 Å². The van der Waals surface area contributed by atoms with Crippen molar-refractivity contribution >= 4 is 17.8 Å². The van der Waals surface area contributed by atoms with Gasteiger partial charge in [-0.2, -0.15) is 0 Å². The molecule has 1 atom stereocenters. The molecule has 1 aromatic carbocycles. The van der Waals surface area contributed by atoms with Gasteiger partial charge in [-0.25, -0.2) is 4.79 Å². The van der Waals surface area contributed by atoms with Crippen LogP contribution in [0.15, 0.2) is 24.3 Å². The Morgan fingerprint density at radius 2 is 1.68 bits per heavy atom. The van der Waals surface area contributed by atoms with Gasteiger partial charge in [0.25, 0.3) is 5.91 Å². The van der Waals surface area contributed by atoms with Crippen molar-refractivity contribution in [1.29, 1.82) is 0 Å². The SMILES string of the molecule is O=C(NC(C(=O)O)C1CC1)c1ccc(CNC(=O)C2CCCC2)cc1. The zero-order valence-electron chi connectivity index (χ0n) is 14.2.